The number of halogens is 7. The molecule has 0 heterocycles. The Morgan fingerprint density at radius 2 is 1.63 bits per heavy atom. The van der Waals surface area contributed by atoms with E-state index in [2.05, 4.69) is 4.74 Å². The molecule has 0 aliphatic rings. The van der Waals surface area contributed by atoms with E-state index < -0.39 is 40.8 Å². The van der Waals surface area contributed by atoms with Gasteiger partial charge >= 0.3 is 12.4 Å². The van der Waals surface area contributed by atoms with Crippen molar-refractivity contribution in [2.75, 3.05) is 7.11 Å². The van der Waals surface area contributed by atoms with Gasteiger partial charge in [-0.05, 0) is 12.1 Å². The quantitative estimate of drug-likeness (QED) is 0.614. The van der Waals surface area contributed by atoms with E-state index in [-0.39, 0.29) is 12.1 Å². The molecule has 0 saturated carbocycles. The van der Waals surface area contributed by atoms with Gasteiger partial charge < -0.3 is 4.74 Å². The van der Waals surface area contributed by atoms with Crippen LogP contribution in [0, 0.1) is 5.82 Å². The molecule has 0 amide bonds. The van der Waals surface area contributed by atoms with E-state index in [1.54, 1.807) is 0 Å². The molecule has 0 N–H and O–H groups in total. The predicted molar refractivity (Wildman–Crippen MR) is 48.3 cm³/mol. The third kappa shape index (κ3) is 3.15. The zero-order valence-electron chi connectivity index (χ0n) is 9.12. The molecule has 1 rings (SSSR count). The number of carbonyl (C=O) groups excluding carboxylic acids is 1. The number of alkyl halides is 6. The Morgan fingerprint density at radius 3 is 2.00 bits per heavy atom. The first-order valence-electron chi connectivity index (χ1n) is 4.54. The average Bonchev–Trinajstić information content (AvgIpc) is 2.25. The highest BCUT2D eigenvalue weighted by Crippen LogP contribution is 2.36. The number of Topliss-reactive ketones (excluding diaryl/α,β-unsaturated/α-hetero) is 1. The lowest BCUT2D eigenvalue weighted by molar-refractivity contribution is -0.140. The molecule has 2 nitrogen and oxygen atoms in total. The SMILES string of the molecule is COc1cc(C(=O)C(F)(F)F)c(F)c(C(F)(F)F)c1. The van der Waals surface area contributed by atoms with E-state index >= 15 is 0 Å². The topological polar surface area (TPSA) is 26.3 Å². The van der Waals surface area contributed by atoms with Gasteiger partial charge in [0.05, 0.1) is 18.2 Å². The summed E-state index contributed by atoms with van der Waals surface area (Å²) in [6.07, 6.45) is -10.7. The second kappa shape index (κ2) is 4.71. The van der Waals surface area contributed by atoms with Gasteiger partial charge in [-0.1, -0.05) is 0 Å². The normalized spacial score (nSPS) is 12.4. The number of ketones is 1. The number of methoxy groups -OCH3 is 1. The van der Waals surface area contributed by atoms with E-state index in [1.165, 1.54) is 0 Å². The van der Waals surface area contributed by atoms with E-state index in [0.29, 0.717) is 0 Å². The zero-order valence-corrected chi connectivity index (χ0v) is 9.12. The molecule has 9 heteroatoms. The van der Waals surface area contributed by atoms with Crippen molar-refractivity contribution in [3.63, 3.8) is 0 Å². The Morgan fingerprint density at radius 1 is 1.11 bits per heavy atom. The van der Waals surface area contributed by atoms with Crippen LogP contribution >= 0.6 is 0 Å². The molecule has 0 bridgehead atoms. The smallest absolute Gasteiger partial charge is 0.454 e. The van der Waals surface area contributed by atoms with Crippen LogP contribution in [0.1, 0.15) is 15.9 Å². The molecule has 1 aromatic carbocycles. The number of benzene rings is 1. The minimum atomic E-state index is -5.49. The molecule has 1 aromatic rings. The summed E-state index contributed by atoms with van der Waals surface area (Å²) in [5, 5.41) is 0. The molecule has 0 saturated heterocycles. The van der Waals surface area contributed by atoms with Gasteiger partial charge in [0.2, 0.25) is 0 Å². The largest absolute Gasteiger partial charge is 0.497 e. The summed E-state index contributed by atoms with van der Waals surface area (Å²) >= 11 is 0. The fourth-order valence-corrected chi connectivity index (χ4v) is 1.24. The summed E-state index contributed by atoms with van der Waals surface area (Å²) < 4.78 is 91.4. The molecule has 0 radical (unpaired) electrons. The molecule has 0 atom stereocenters. The molecule has 0 aromatic heterocycles. The number of hydrogen-bond acceptors (Lipinski definition) is 2. The Balaban J connectivity index is 3.53. The summed E-state index contributed by atoms with van der Waals surface area (Å²) in [6.45, 7) is 0. The lowest BCUT2D eigenvalue weighted by atomic mass is 10.0. The second-order valence-electron chi connectivity index (χ2n) is 3.36. The van der Waals surface area contributed by atoms with Gasteiger partial charge in [-0.3, -0.25) is 4.79 Å². The van der Waals surface area contributed by atoms with Crippen molar-refractivity contribution >= 4 is 5.78 Å². The van der Waals surface area contributed by atoms with E-state index in [9.17, 15) is 35.5 Å². The van der Waals surface area contributed by atoms with Gasteiger partial charge in [0.25, 0.3) is 5.78 Å². The summed E-state index contributed by atoms with van der Waals surface area (Å²) in [6, 6.07) is 0.433. The highest BCUT2D eigenvalue weighted by molar-refractivity contribution is 6.01. The molecule has 0 spiro atoms. The van der Waals surface area contributed by atoms with Crippen LogP contribution in [0.25, 0.3) is 0 Å². The van der Waals surface area contributed by atoms with Crippen molar-refractivity contribution in [3.05, 3.63) is 29.1 Å². The highest BCUT2D eigenvalue weighted by Gasteiger charge is 2.44. The van der Waals surface area contributed by atoms with Crippen molar-refractivity contribution in [1.82, 2.24) is 0 Å². The third-order valence-electron chi connectivity index (χ3n) is 2.09. The summed E-state index contributed by atoms with van der Waals surface area (Å²) in [7, 11) is 0.870. The number of rotatable bonds is 2. The van der Waals surface area contributed by atoms with Crippen LogP contribution in [-0.2, 0) is 6.18 Å². The van der Waals surface area contributed by atoms with Gasteiger partial charge in [0, 0.05) is 0 Å². The minimum absolute atomic E-state index is 0.169. The predicted octanol–water partition coefficient (Wildman–Crippen LogP) is 3.60. The van der Waals surface area contributed by atoms with E-state index in [4.69, 9.17) is 0 Å². The zero-order chi connectivity index (χ0) is 15.0. The van der Waals surface area contributed by atoms with Gasteiger partial charge in [0.1, 0.15) is 11.6 Å². The maximum absolute atomic E-state index is 13.4. The average molecular weight is 290 g/mol. The van der Waals surface area contributed by atoms with Crippen molar-refractivity contribution in [3.8, 4) is 5.75 Å². The van der Waals surface area contributed by atoms with Gasteiger partial charge in [-0.25, -0.2) is 4.39 Å². The number of ether oxygens (including phenoxy) is 1. The molecular formula is C10H5F7O2. The fraction of sp³-hybridized carbons (Fsp3) is 0.300. The fourth-order valence-electron chi connectivity index (χ4n) is 1.24. The van der Waals surface area contributed by atoms with Crippen LogP contribution in [-0.4, -0.2) is 19.1 Å². The van der Waals surface area contributed by atoms with Crippen LogP contribution in [0.15, 0.2) is 12.1 Å². The number of carbonyl (C=O) groups is 1. The summed E-state index contributed by atoms with van der Waals surface area (Å²) in [4.78, 5) is 10.8. The highest BCUT2D eigenvalue weighted by atomic mass is 19.4. The Labute approximate surface area is 101 Å². The van der Waals surface area contributed by atoms with Crippen molar-refractivity contribution < 1.29 is 40.3 Å². The molecule has 0 aliphatic carbocycles. The monoisotopic (exact) mass is 290 g/mol. The second-order valence-corrected chi connectivity index (χ2v) is 3.36. The molecule has 0 aliphatic heterocycles. The summed E-state index contributed by atoms with van der Waals surface area (Å²) in [5.41, 5.74) is -3.74. The molecule has 106 valence electrons. The molecule has 0 fully saturated rings. The standard InChI is InChI=1S/C10H5F7O2/c1-19-4-2-5(8(18)10(15,16)17)7(11)6(3-4)9(12,13)14/h2-3H,1H3. The third-order valence-corrected chi connectivity index (χ3v) is 2.09. The maximum Gasteiger partial charge on any atom is 0.454 e. The first-order chi connectivity index (χ1) is 8.48. The lowest BCUT2D eigenvalue weighted by Crippen LogP contribution is -2.25. The molecular weight excluding hydrogens is 285 g/mol. The van der Waals surface area contributed by atoms with Crippen LogP contribution < -0.4 is 4.74 Å². The van der Waals surface area contributed by atoms with Crippen LogP contribution in [0.2, 0.25) is 0 Å². The van der Waals surface area contributed by atoms with E-state index in [1.807, 2.05) is 0 Å². The lowest BCUT2D eigenvalue weighted by Gasteiger charge is -2.14. The van der Waals surface area contributed by atoms with Gasteiger partial charge in [-0.15, -0.1) is 0 Å². The van der Waals surface area contributed by atoms with Crippen molar-refractivity contribution in [2.45, 2.75) is 12.4 Å². The summed E-state index contributed by atoms with van der Waals surface area (Å²) in [5.74, 6) is -5.70. The van der Waals surface area contributed by atoms with E-state index in [0.717, 1.165) is 7.11 Å². The Kier molecular flexibility index (Phi) is 3.78. The van der Waals surface area contributed by atoms with Gasteiger partial charge in [-0.2, -0.15) is 26.3 Å². The van der Waals surface area contributed by atoms with Gasteiger partial charge in [0.15, 0.2) is 0 Å². The molecule has 19 heavy (non-hydrogen) atoms. The first kappa shape index (κ1) is 15.3. The van der Waals surface area contributed by atoms with Crippen LogP contribution in [0.3, 0.4) is 0 Å². The van der Waals surface area contributed by atoms with Crippen LogP contribution in [0.5, 0.6) is 5.75 Å². The minimum Gasteiger partial charge on any atom is -0.497 e. The maximum atomic E-state index is 13.4. The van der Waals surface area contributed by atoms with Crippen molar-refractivity contribution in [1.29, 1.82) is 0 Å². The van der Waals surface area contributed by atoms with Crippen LogP contribution in [0.4, 0.5) is 30.7 Å². The first-order valence-corrected chi connectivity index (χ1v) is 4.54. The number of hydrogen-bond donors (Lipinski definition) is 0. The Hall–Kier alpha value is -1.80. The van der Waals surface area contributed by atoms with Crippen molar-refractivity contribution in [2.24, 2.45) is 0 Å². The molecule has 0 unspecified atom stereocenters. The Bertz CT molecular complexity index is 502.